The minimum absolute atomic E-state index is 0.0880. The lowest BCUT2D eigenvalue weighted by atomic mass is 9.94. The van der Waals surface area contributed by atoms with Crippen LogP contribution in [0.25, 0.3) is 0 Å². The second kappa shape index (κ2) is 5.94. The molecule has 0 bridgehead atoms. The standard InChI is InChI=1S/C13H19F2N/c1-4-9(2)7-13(16-3)10-5-6-11(14)12(15)8-10/h5-6,8-9,13,16H,4,7H2,1-3H3. The first-order chi connectivity index (χ1) is 7.58. The van der Waals surface area contributed by atoms with E-state index in [1.807, 2.05) is 7.05 Å². The van der Waals surface area contributed by atoms with Crippen LogP contribution < -0.4 is 5.32 Å². The van der Waals surface area contributed by atoms with Crippen LogP contribution in [0.5, 0.6) is 0 Å². The van der Waals surface area contributed by atoms with E-state index in [1.54, 1.807) is 6.07 Å². The van der Waals surface area contributed by atoms with Crippen LogP contribution in [-0.2, 0) is 0 Å². The van der Waals surface area contributed by atoms with Crippen molar-refractivity contribution in [2.24, 2.45) is 5.92 Å². The van der Waals surface area contributed by atoms with Crippen molar-refractivity contribution in [2.75, 3.05) is 7.05 Å². The van der Waals surface area contributed by atoms with Gasteiger partial charge in [0, 0.05) is 6.04 Å². The molecule has 0 saturated heterocycles. The lowest BCUT2D eigenvalue weighted by Crippen LogP contribution is -2.19. The summed E-state index contributed by atoms with van der Waals surface area (Å²) in [5, 5.41) is 3.14. The molecule has 0 spiro atoms. The third-order valence-corrected chi connectivity index (χ3v) is 3.03. The first-order valence-corrected chi connectivity index (χ1v) is 5.70. The van der Waals surface area contributed by atoms with Gasteiger partial charge in [-0.1, -0.05) is 26.3 Å². The van der Waals surface area contributed by atoms with Gasteiger partial charge in [0.15, 0.2) is 11.6 Å². The zero-order valence-corrected chi connectivity index (χ0v) is 10.1. The molecule has 0 fully saturated rings. The third kappa shape index (κ3) is 3.27. The van der Waals surface area contributed by atoms with Gasteiger partial charge >= 0.3 is 0 Å². The lowest BCUT2D eigenvalue weighted by Gasteiger charge is -2.20. The molecule has 0 aliphatic rings. The topological polar surface area (TPSA) is 12.0 Å². The van der Waals surface area contributed by atoms with Crippen LogP contribution in [0.15, 0.2) is 18.2 Å². The Kier molecular flexibility index (Phi) is 4.87. The molecular formula is C13H19F2N. The summed E-state index contributed by atoms with van der Waals surface area (Å²) in [4.78, 5) is 0. The Bertz CT molecular complexity index is 339. The van der Waals surface area contributed by atoms with Gasteiger partial charge in [-0.3, -0.25) is 0 Å². The van der Waals surface area contributed by atoms with Crippen LogP contribution in [0, 0.1) is 17.6 Å². The summed E-state index contributed by atoms with van der Waals surface area (Å²) < 4.78 is 25.9. The largest absolute Gasteiger partial charge is 0.313 e. The highest BCUT2D eigenvalue weighted by Crippen LogP contribution is 2.23. The summed E-state index contributed by atoms with van der Waals surface area (Å²) in [6.45, 7) is 4.28. The Labute approximate surface area is 95.9 Å². The van der Waals surface area contributed by atoms with Crippen LogP contribution in [0.1, 0.15) is 38.3 Å². The molecule has 2 unspecified atom stereocenters. The van der Waals surface area contributed by atoms with Crippen molar-refractivity contribution in [3.05, 3.63) is 35.4 Å². The molecule has 1 N–H and O–H groups in total. The van der Waals surface area contributed by atoms with Crippen molar-refractivity contribution in [3.63, 3.8) is 0 Å². The summed E-state index contributed by atoms with van der Waals surface area (Å²) in [6, 6.07) is 4.19. The molecule has 0 aliphatic carbocycles. The van der Waals surface area contributed by atoms with Crippen molar-refractivity contribution >= 4 is 0 Å². The number of nitrogens with one attached hydrogen (secondary N) is 1. The van der Waals surface area contributed by atoms with Gasteiger partial charge in [-0.2, -0.15) is 0 Å². The van der Waals surface area contributed by atoms with Gasteiger partial charge in [-0.15, -0.1) is 0 Å². The molecule has 0 amide bonds. The van der Waals surface area contributed by atoms with E-state index < -0.39 is 11.6 Å². The maximum absolute atomic E-state index is 13.1. The average Bonchev–Trinajstić information content (AvgIpc) is 2.29. The van der Waals surface area contributed by atoms with Crippen molar-refractivity contribution in [1.82, 2.24) is 5.32 Å². The number of hydrogen-bond acceptors (Lipinski definition) is 1. The van der Waals surface area contributed by atoms with Crippen molar-refractivity contribution in [3.8, 4) is 0 Å². The summed E-state index contributed by atoms with van der Waals surface area (Å²) in [6.07, 6.45) is 2.01. The summed E-state index contributed by atoms with van der Waals surface area (Å²) in [5.41, 5.74) is 0.807. The molecule has 0 heterocycles. The smallest absolute Gasteiger partial charge is 0.159 e. The molecule has 3 heteroatoms. The minimum Gasteiger partial charge on any atom is -0.313 e. The maximum atomic E-state index is 13.1. The third-order valence-electron chi connectivity index (χ3n) is 3.03. The van der Waals surface area contributed by atoms with E-state index in [0.29, 0.717) is 5.92 Å². The van der Waals surface area contributed by atoms with E-state index in [0.717, 1.165) is 18.4 Å². The van der Waals surface area contributed by atoms with Gasteiger partial charge in [0.1, 0.15) is 0 Å². The van der Waals surface area contributed by atoms with Crippen molar-refractivity contribution in [1.29, 1.82) is 0 Å². The molecule has 1 aromatic carbocycles. The summed E-state index contributed by atoms with van der Waals surface area (Å²) in [7, 11) is 1.84. The fraction of sp³-hybridized carbons (Fsp3) is 0.538. The van der Waals surface area contributed by atoms with Gasteiger partial charge in [0.05, 0.1) is 0 Å². The van der Waals surface area contributed by atoms with Crippen LogP contribution in [0.4, 0.5) is 8.78 Å². The fourth-order valence-corrected chi connectivity index (χ4v) is 1.72. The maximum Gasteiger partial charge on any atom is 0.159 e. The number of rotatable bonds is 5. The van der Waals surface area contributed by atoms with Crippen molar-refractivity contribution < 1.29 is 8.78 Å². The Hall–Kier alpha value is -0.960. The molecule has 0 radical (unpaired) electrons. The van der Waals surface area contributed by atoms with Crippen LogP contribution in [0.3, 0.4) is 0 Å². The zero-order chi connectivity index (χ0) is 12.1. The molecule has 90 valence electrons. The zero-order valence-electron chi connectivity index (χ0n) is 10.1. The van der Waals surface area contributed by atoms with Crippen LogP contribution in [0.2, 0.25) is 0 Å². The molecule has 0 aromatic heterocycles. The average molecular weight is 227 g/mol. The molecule has 0 saturated carbocycles. The number of halogens is 2. The van der Waals surface area contributed by atoms with E-state index >= 15 is 0 Å². The second-order valence-electron chi connectivity index (χ2n) is 4.26. The Morgan fingerprint density at radius 2 is 1.94 bits per heavy atom. The Morgan fingerprint density at radius 3 is 2.44 bits per heavy atom. The van der Waals surface area contributed by atoms with Gasteiger partial charge in [-0.05, 0) is 37.1 Å². The normalized spacial score (nSPS) is 14.8. The highest BCUT2D eigenvalue weighted by Gasteiger charge is 2.14. The fourth-order valence-electron chi connectivity index (χ4n) is 1.72. The second-order valence-corrected chi connectivity index (χ2v) is 4.26. The quantitative estimate of drug-likeness (QED) is 0.809. The first-order valence-electron chi connectivity index (χ1n) is 5.70. The lowest BCUT2D eigenvalue weighted by molar-refractivity contribution is 0.418. The Balaban J connectivity index is 2.82. The van der Waals surface area contributed by atoms with Gasteiger partial charge in [-0.25, -0.2) is 8.78 Å². The van der Waals surface area contributed by atoms with Gasteiger partial charge in [0.25, 0.3) is 0 Å². The van der Waals surface area contributed by atoms with Crippen LogP contribution in [-0.4, -0.2) is 7.05 Å². The predicted molar refractivity (Wildman–Crippen MR) is 62.2 cm³/mol. The molecule has 1 rings (SSSR count). The monoisotopic (exact) mass is 227 g/mol. The SMILES string of the molecule is CCC(C)CC(NC)c1ccc(F)c(F)c1. The highest BCUT2D eigenvalue weighted by molar-refractivity contribution is 5.21. The Morgan fingerprint density at radius 1 is 1.25 bits per heavy atom. The van der Waals surface area contributed by atoms with E-state index in [9.17, 15) is 8.78 Å². The minimum atomic E-state index is -0.790. The summed E-state index contributed by atoms with van der Waals surface area (Å²) >= 11 is 0. The molecule has 1 aromatic rings. The predicted octanol–water partition coefficient (Wildman–Crippen LogP) is 3.66. The van der Waals surface area contributed by atoms with E-state index in [1.165, 1.54) is 12.1 Å². The van der Waals surface area contributed by atoms with Gasteiger partial charge < -0.3 is 5.32 Å². The molecule has 0 aliphatic heterocycles. The van der Waals surface area contributed by atoms with E-state index in [4.69, 9.17) is 0 Å². The molecule has 16 heavy (non-hydrogen) atoms. The van der Waals surface area contributed by atoms with Crippen LogP contribution >= 0.6 is 0 Å². The van der Waals surface area contributed by atoms with E-state index in [2.05, 4.69) is 19.2 Å². The summed E-state index contributed by atoms with van der Waals surface area (Å²) in [5.74, 6) is -1.00. The number of benzene rings is 1. The first kappa shape index (κ1) is 13.1. The van der Waals surface area contributed by atoms with Gasteiger partial charge in [0.2, 0.25) is 0 Å². The van der Waals surface area contributed by atoms with Crippen molar-refractivity contribution in [2.45, 2.75) is 32.7 Å². The molecule has 2 atom stereocenters. The molecule has 1 nitrogen and oxygen atoms in total. The number of hydrogen-bond donors (Lipinski definition) is 1. The highest BCUT2D eigenvalue weighted by atomic mass is 19.2. The molecular weight excluding hydrogens is 208 g/mol. The van der Waals surface area contributed by atoms with E-state index in [-0.39, 0.29) is 6.04 Å².